The van der Waals surface area contributed by atoms with Crippen LogP contribution in [0.3, 0.4) is 0 Å². The summed E-state index contributed by atoms with van der Waals surface area (Å²) >= 11 is 0. The highest BCUT2D eigenvalue weighted by atomic mass is 32.2. The van der Waals surface area contributed by atoms with Crippen molar-refractivity contribution < 1.29 is 22.4 Å². The van der Waals surface area contributed by atoms with Crippen molar-refractivity contribution in [2.45, 2.75) is 24.7 Å². The molecule has 1 aliphatic heterocycles. The number of hydrogen-bond donors (Lipinski definition) is 0. The molecule has 8 heteroatoms. The zero-order valence-electron chi connectivity index (χ0n) is 12.8. The number of hydrogen-bond acceptors (Lipinski definition) is 7. The van der Waals surface area contributed by atoms with Gasteiger partial charge in [-0.2, -0.15) is 4.98 Å². The molecule has 3 rings (SSSR count). The molecule has 1 aromatic heterocycles. The van der Waals surface area contributed by atoms with Crippen LogP contribution in [0.5, 0.6) is 5.75 Å². The topological polar surface area (TPSA) is 91.5 Å². The van der Waals surface area contributed by atoms with Gasteiger partial charge in [0.15, 0.2) is 9.84 Å². The van der Waals surface area contributed by atoms with Crippen molar-refractivity contribution in [1.82, 2.24) is 10.1 Å². The lowest BCUT2D eigenvalue weighted by molar-refractivity contribution is 0.127. The van der Waals surface area contributed by atoms with E-state index < -0.39 is 9.84 Å². The molecule has 124 valence electrons. The van der Waals surface area contributed by atoms with Crippen molar-refractivity contribution in [1.29, 1.82) is 0 Å². The van der Waals surface area contributed by atoms with Crippen LogP contribution in [0, 0.1) is 0 Å². The summed E-state index contributed by atoms with van der Waals surface area (Å²) in [5.41, 5.74) is 0.705. The number of methoxy groups -OCH3 is 1. The molecule has 1 saturated heterocycles. The molecule has 0 spiro atoms. The maximum atomic E-state index is 12.2. The van der Waals surface area contributed by atoms with Crippen LogP contribution in [-0.4, -0.2) is 44.1 Å². The second-order valence-corrected chi connectivity index (χ2v) is 7.54. The molecule has 1 fully saturated rings. The predicted molar refractivity (Wildman–Crippen MR) is 82.8 cm³/mol. The van der Waals surface area contributed by atoms with Gasteiger partial charge >= 0.3 is 0 Å². The van der Waals surface area contributed by atoms with Crippen molar-refractivity contribution in [3.63, 3.8) is 0 Å². The molecule has 0 aliphatic carbocycles. The van der Waals surface area contributed by atoms with E-state index in [4.69, 9.17) is 14.0 Å². The van der Waals surface area contributed by atoms with Crippen LogP contribution in [0.4, 0.5) is 0 Å². The van der Waals surface area contributed by atoms with E-state index >= 15 is 0 Å². The predicted octanol–water partition coefficient (Wildman–Crippen LogP) is 1.84. The van der Waals surface area contributed by atoms with Crippen LogP contribution in [-0.2, 0) is 20.3 Å². The fraction of sp³-hybridized carbons (Fsp3) is 0.467. The lowest BCUT2D eigenvalue weighted by Crippen LogP contribution is -2.21. The van der Waals surface area contributed by atoms with Gasteiger partial charge in [0.25, 0.3) is 0 Å². The molecule has 0 N–H and O–H groups in total. The molecule has 23 heavy (non-hydrogen) atoms. The van der Waals surface area contributed by atoms with Crippen LogP contribution in [0.15, 0.2) is 28.8 Å². The van der Waals surface area contributed by atoms with Crippen LogP contribution in [0.1, 0.15) is 18.7 Å². The number of aromatic nitrogens is 2. The van der Waals surface area contributed by atoms with E-state index in [0.29, 0.717) is 23.7 Å². The normalized spacial score (nSPS) is 18.2. The molecule has 0 unspecified atom stereocenters. The summed E-state index contributed by atoms with van der Waals surface area (Å²) in [7, 11) is -1.78. The minimum atomic E-state index is -3.35. The van der Waals surface area contributed by atoms with E-state index in [1.807, 2.05) is 0 Å². The van der Waals surface area contributed by atoms with E-state index in [2.05, 4.69) is 10.1 Å². The Morgan fingerprint density at radius 2 is 2.26 bits per heavy atom. The Labute approximate surface area is 134 Å². The molecule has 2 aromatic rings. The van der Waals surface area contributed by atoms with Gasteiger partial charge in [-0.1, -0.05) is 17.3 Å². The highest BCUT2D eigenvalue weighted by molar-refractivity contribution is 7.90. The highest BCUT2D eigenvalue weighted by Crippen LogP contribution is 2.22. The van der Waals surface area contributed by atoms with E-state index in [9.17, 15) is 8.42 Å². The zero-order valence-corrected chi connectivity index (χ0v) is 13.6. The molecule has 1 aliphatic rings. The van der Waals surface area contributed by atoms with Crippen molar-refractivity contribution in [2.75, 3.05) is 19.5 Å². The Bertz CT molecular complexity index is 766. The molecule has 0 bridgehead atoms. The lowest BCUT2D eigenvalue weighted by Gasteiger charge is -2.08. The van der Waals surface area contributed by atoms with Gasteiger partial charge in [0.2, 0.25) is 11.7 Å². The fourth-order valence-corrected chi connectivity index (χ4v) is 3.94. The Hall–Kier alpha value is -1.93. The lowest BCUT2D eigenvalue weighted by atomic mass is 10.2. The molecule has 1 atom stereocenters. The van der Waals surface area contributed by atoms with E-state index in [0.717, 1.165) is 12.8 Å². The first-order chi connectivity index (χ1) is 11.1. The number of benzene rings is 1. The zero-order chi connectivity index (χ0) is 16.3. The summed E-state index contributed by atoms with van der Waals surface area (Å²) < 4.78 is 39.9. The summed E-state index contributed by atoms with van der Waals surface area (Å²) in [6.07, 6.45) is 1.46. The van der Waals surface area contributed by atoms with Crippen molar-refractivity contribution in [3.05, 3.63) is 30.2 Å². The molecule has 7 nitrogen and oxygen atoms in total. The van der Waals surface area contributed by atoms with Gasteiger partial charge < -0.3 is 14.0 Å². The van der Waals surface area contributed by atoms with Gasteiger partial charge in [-0.05, 0) is 25.0 Å². The first-order valence-electron chi connectivity index (χ1n) is 7.35. The highest BCUT2D eigenvalue weighted by Gasteiger charge is 2.25. The summed E-state index contributed by atoms with van der Waals surface area (Å²) in [4.78, 5) is 4.16. The third-order valence-corrected chi connectivity index (χ3v) is 5.17. The molecule has 1 aromatic carbocycles. The molecule has 0 amide bonds. The Kier molecular flexibility index (Phi) is 4.63. The Morgan fingerprint density at radius 1 is 1.39 bits per heavy atom. The van der Waals surface area contributed by atoms with E-state index in [1.54, 1.807) is 31.4 Å². The quantitative estimate of drug-likeness (QED) is 0.793. The Balaban J connectivity index is 1.71. The summed E-state index contributed by atoms with van der Waals surface area (Å²) in [6.45, 7) is 0.626. The second-order valence-electron chi connectivity index (χ2n) is 5.43. The van der Waals surface area contributed by atoms with Gasteiger partial charge in [-0.25, -0.2) is 8.42 Å². The number of nitrogens with zero attached hydrogens (tertiary/aromatic N) is 2. The maximum Gasteiger partial charge on any atom is 0.242 e. The standard InChI is InChI=1S/C15H18N2O5S/c1-20-12-5-2-4-11(8-12)15-16-14(22-17-15)10-23(18,19)9-13-6-3-7-21-13/h2,4-5,8,13H,3,6-7,9-10H2,1H3/t13-/m0/s1. The first kappa shape index (κ1) is 15.9. The SMILES string of the molecule is COc1cccc(-c2noc(CS(=O)(=O)C[C@@H]3CCCO3)n2)c1. The molecule has 2 heterocycles. The van der Waals surface area contributed by atoms with E-state index in [1.165, 1.54) is 0 Å². The van der Waals surface area contributed by atoms with Gasteiger partial charge in [0.05, 0.1) is 19.0 Å². The smallest absolute Gasteiger partial charge is 0.242 e. The van der Waals surface area contributed by atoms with Crippen LogP contribution >= 0.6 is 0 Å². The number of sulfone groups is 1. The number of ether oxygens (including phenoxy) is 2. The van der Waals surface area contributed by atoms with Crippen molar-refractivity contribution in [2.24, 2.45) is 0 Å². The van der Waals surface area contributed by atoms with E-state index in [-0.39, 0.29) is 23.5 Å². The summed E-state index contributed by atoms with van der Waals surface area (Å²) in [5, 5.41) is 3.84. The average Bonchev–Trinajstić information content (AvgIpc) is 3.18. The fourth-order valence-electron chi connectivity index (χ4n) is 2.50. The number of rotatable bonds is 6. The minimum Gasteiger partial charge on any atom is -0.497 e. The second kappa shape index (κ2) is 6.67. The third kappa shape index (κ3) is 4.08. The molecule has 0 saturated carbocycles. The maximum absolute atomic E-state index is 12.2. The van der Waals surface area contributed by atoms with Gasteiger partial charge in [-0.15, -0.1) is 0 Å². The van der Waals surface area contributed by atoms with Gasteiger partial charge in [0.1, 0.15) is 11.5 Å². The molecular weight excluding hydrogens is 320 g/mol. The molecular formula is C15H18N2O5S. The Morgan fingerprint density at radius 3 is 3.00 bits per heavy atom. The van der Waals surface area contributed by atoms with Crippen molar-refractivity contribution >= 4 is 9.84 Å². The average molecular weight is 338 g/mol. The minimum absolute atomic E-state index is 0.0100. The van der Waals surface area contributed by atoms with Crippen molar-refractivity contribution in [3.8, 4) is 17.1 Å². The summed E-state index contributed by atoms with van der Waals surface area (Å²) in [5.74, 6) is 0.806. The molecule has 0 radical (unpaired) electrons. The van der Waals surface area contributed by atoms with Crippen LogP contribution in [0.25, 0.3) is 11.4 Å². The largest absolute Gasteiger partial charge is 0.497 e. The van der Waals surface area contributed by atoms with Gasteiger partial charge in [-0.3, -0.25) is 0 Å². The van der Waals surface area contributed by atoms with Crippen LogP contribution < -0.4 is 4.74 Å². The third-order valence-electron chi connectivity index (χ3n) is 3.60. The van der Waals surface area contributed by atoms with Gasteiger partial charge in [0, 0.05) is 12.2 Å². The van der Waals surface area contributed by atoms with Crippen LogP contribution in [0.2, 0.25) is 0 Å². The first-order valence-corrected chi connectivity index (χ1v) is 9.17. The monoisotopic (exact) mass is 338 g/mol. The summed E-state index contributed by atoms with van der Waals surface area (Å²) in [6, 6.07) is 7.17.